The average Bonchev–Trinajstić information content (AvgIpc) is 2.64. The molecule has 2 fully saturated rings. The van der Waals surface area contributed by atoms with Crippen LogP contribution in [-0.2, 0) is 4.74 Å². The number of nitrogens with one attached hydrogen (secondary N) is 1. The van der Waals surface area contributed by atoms with Gasteiger partial charge in [0.25, 0.3) is 0 Å². The van der Waals surface area contributed by atoms with Gasteiger partial charge in [0.2, 0.25) is 0 Å². The number of carbonyl (C=O) groups excluding carboxylic acids is 1. The fraction of sp³-hybridized carbons (Fsp3) is 0.909. The maximum Gasteiger partial charge on any atom is 0.409 e. The van der Waals surface area contributed by atoms with Crippen molar-refractivity contribution in [3.05, 3.63) is 0 Å². The molecule has 0 saturated carbocycles. The van der Waals surface area contributed by atoms with E-state index in [1.165, 1.54) is 6.42 Å². The van der Waals surface area contributed by atoms with Crippen molar-refractivity contribution in [1.82, 2.24) is 10.2 Å². The molecule has 2 heterocycles. The lowest BCUT2D eigenvalue weighted by Gasteiger charge is -2.46. The Morgan fingerprint density at radius 2 is 2.33 bits per heavy atom. The second-order valence-corrected chi connectivity index (χ2v) is 4.75. The van der Waals surface area contributed by atoms with Crippen LogP contribution in [0, 0.1) is 5.41 Å². The molecule has 0 aromatic carbocycles. The molecule has 2 saturated heterocycles. The van der Waals surface area contributed by atoms with Crippen LogP contribution in [0.25, 0.3) is 0 Å². The number of hydrogen-bond donors (Lipinski definition) is 1. The highest BCUT2D eigenvalue weighted by Crippen LogP contribution is 2.36. The van der Waals surface area contributed by atoms with Gasteiger partial charge in [-0.15, -0.1) is 0 Å². The summed E-state index contributed by atoms with van der Waals surface area (Å²) in [6.45, 7) is 6.58. The maximum absolute atomic E-state index is 11.5. The van der Waals surface area contributed by atoms with E-state index >= 15 is 0 Å². The highest BCUT2D eigenvalue weighted by molar-refractivity contribution is 5.69. The van der Waals surface area contributed by atoms with Gasteiger partial charge in [-0.25, -0.2) is 4.79 Å². The minimum atomic E-state index is -0.124. The summed E-state index contributed by atoms with van der Waals surface area (Å²) >= 11 is 0. The van der Waals surface area contributed by atoms with Crippen LogP contribution in [0.5, 0.6) is 0 Å². The van der Waals surface area contributed by atoms with Gasteiger partial charge in [-0.05, 0) is 19.4 Å². The molecule has 1 amide bonds. The van der Waals surface area contributed by atoms with Crippen molar-refractivity contribution in [2.24, 2.45) is 5.41 Å². The van der Waals surface area contributed by atoms with E-state index in [1.807, 2.05) is 4.90 Å². The topological polar surface area (TPSA) is 41.6 Å². The molecule has 4 heteroatoms. The third-order valence-electron chi connectivity index (χ3n) is 3.37. The minimum Gasteiger partial charge on any atom is -0.449 e. The van der Waals surface area contributed by atoms with Gasteiger partial charge >= 0.3 is 6.09 Å². The lowest BCUT2D eigenvalue weighted by molar-refractivity contribution is 0.00756. The van der Waals surface area contributed by atoms with E-state index in [2.05, 4.69) is 12.2 Å². The molecule has 1 spiro atoms. The van der Waals surface area contributed by atoms with Crippen molar-refractivity contribution < 1.29 is 9.53 Å². The summed E-state index contributed by atoms with van der Waals surface area (Å²) in [5.41, 5.74) is 0.379. The highest BCUT2D eigenvalue weighted by Gasteiger charge is 2.47. The SMILES string of the molecule is CCCCOC(=O)N1CC2(CCNC2)C1. The first kappa shape index (κ1) is 10.7. The number of ether oxygens (including phenoxy) is 1. The molecular weight excluding hydrogens is 192 g/mol. The van der Waals surface area contributed by atoms with Gasteiger partial charge in [-0.3, -0.25) is 0 Å². The molecule has 2 rings (SSSR count). The summed E-state index contributed by atoms with van der Waals surface area (Å²) in [5.74, 6) is 0. The van der Waals surface area contributed by atoms with Gasteiger partial charge < -0.3 is 15.0 Å². The van der Waals surface area contributed by atoms with E-state index < -0.39 is 0 Å². The molecule has 2 aliphatic rings. The van der Waals surface area contributed by atoms with Crippen LogP contribution in [-0.4, -0.2) is 43.8 Å². The van der Waals surface area contributed by atoms with Gasteiger partial charge in [0.15, 0.2) is 0 Å². The third-order valence-corrected chi connectivity index (χ3v) is 3.37. The zero-order chi connectivity index (χ0) is 10.7. The Kier molecular flexibility index (Phi) is 3.14. The number of amides is 1. The first-order valence-electron chi connectivity index (χ1n) is 5.88. The lowest BCUT2D eigenvalue weighted by atomic mass is 9.79. The zero-order valence-corrected chi connectivity index (χ0v) is 9.42. The molecule has 2 aliphatic heterocycles. The standard InChI is InChI=1S/C11H20N2O2/c1-2-3-6-15-10(14)13-8-11(9-13)4-5-12-7-11/h12H,2-9H2,1H3. The fourth-order valence-corrected chi connectivity index (χ4v) is 2.35. The molecule has 0 bridgehead atoms. The van der Waals surface area contributed by atoms with Crippen molar-refractivity contribution in [3.63, 3.8) is 0 Å². The van der Waals surface area contributed by atoms with Crippen molar-refractivity contribution >= 4 is 6.09 Å². The van der Waals surface area contributed by atoms with E-state index in [4.69, 9.17) is 4.74 Å². The molecule has 4 nitrogen and oxygen atoms in total. The molecule has 0 radical (unpaired) electrons. The number of hydrogen-bond acceptors (Lipinski definition) is 3. The molecule has 0 unspecified atom stereocenters. The predicted octanol–water partition coefficient (Wildman–Crippen LogP) is 1.22. The van der Waals surface area contributed by atoms with Crippen LogP contribution in [0.4, 0.5) is 4.79 Å². The van der Waals surface area contributed by atoms with Crippen LogP contribution >= 0.6 is 0 Å². The Labute approximate surface area is 91.0 Å². The molecule has 1 N–H and O–H groups in total. The van der Waals surface area contributed by atoms with E-state index in [1.54, 1.807) is 0 Å². The summed E-state index contributed by atoms with van der Waals surface area (Å²) in [7, 11) is 0. The van der Waals surface area contributed by atoms with E-state index in [0.717, 1.165) is 39.0 Å². The number of unbranched alkanes of at least 4 members (excludes halogenated alkanes) is 1. The van der Waals surface area contributed by atoms with Gasteiger partial charge in [-0.1, -0.05) is 13.3 Å². The van der Waals surface area contributed by atoms with E-state index in [-0.39, 0.29) is 6.09 Å². The third kappa shape index (κ3) is 2.25. The quantitative estimate of drug-likeness (QED) is 0.715. The van der Waals surface area contributed by atoms with Crippen molar-refractivity contribution in [2.45, 2.75) is 26.2 Å². The first-order valence-corrected chi connectivity index (χ1v) is 5.88. The Morgan fingerprint density at radius 1 is 1.53 bits per heavy atom. The van der Waals surface area contributed by atoms with Crippen LogP contribution in [0.2, 0.25) is 0 Å². The van der Waals surface area contributed by atoms with Gasteiger partial charge in [0.05, 0.1) is 6.61 Å². The van der Waals surface area contributed by atoms with E-state index in [0.29, 0.717) is 12.0 Å². The predicted molar refractivity (Wildman–Crippen MR) is 57.7 cm³/mol. The molecule has 15 heavy (non-hydrogen) atoms. The van der Waals surface area contributed by atoms with Crippen molar-refractivity contribution in [3.8, 4) is 0 Å². The molecule has 0 atom stereocenters. The van der Waals surface area contributed by atoms with Gasteiger partial charge in [0.1, 0.15) is 0 Å². The number of likely N-dealkylation sites (tertiary alicyclic amines) is 1. The minimum absolute atomic E-state index is 0.124. The summed E-state index contributed by atoms with van der Waals surface area (Å²) in [6, 6.07) is 0. The summed E-state index contributed by atoms with van der Waals surface area (Å²) < 4.78 is 5.16. The van der Waals surface area contributed by atoms with Gasteiger partial charge in [-0.2, -0.15) is 0 Å². The maximum atomic E-state index is 11.5. The van der Waals surface area contributed by atoms with E-state index in [9.17, 15) is 4.79 Å². The van der Waals surface area contributed by atoms with Crippen LogP contribution in [0.15, 0.2) is 0 Å². The van der Waals surface area contributed by atoms with Crippen LogP contribution in [0.3, 0.4) is 0 Å². The number of carbonyl (C=O) groups is 1. The largest absolute Gasteiger partial charge is 0.449 e. The Hall–Kier alpha value is -0.770. The molecule has 86 valence electrons. The Bertz CT molecular complexity index is 229. The van der Waals surface area contributed by atoms with Crippen molar-refractivity contribution in [2.75, 3.05) is 32.8 Å². The highest BCUT2D eigenvalue weighted by atomic mass is 16.6. The Balaban J connectivity index is 1.67. The van der Waals surface area contributed by atoms with Crippen LogP contribution < -0.4 is 5.32 Å². The second-order valence-electron chi connectivity index (χ2n) is 4.75. The van der Waals surface area contributed by atoms with Crippen molar-refractivity contribution in [1.29, 1.82) is 0 Å². The number of nitrogens with zero attached hydrogens (tertiary/aromatic N) is 1. The first-order chi connectivity index (χ1) is 7.26. The van der Waals surface area contributed by atoms with Gasteiger partial charge in [0, 0.05) is 25.0 Å². The number of rotatable bonds is 3. The molecular formula is C11H20N2O2. The molecule has 0 aromatic heterocycles. The normalized spacial score (nSPS) is 22.9. The summed E-state index contributed by atoms with van der Waals surface area (Å²) in [5, 5.41) is 3.35. The lowest BCUT2D eigenvalue weighted by Crippen LogP contribution is -2.59. The zero-order valence-electron chi connectivity index (χ0n) is 9.42. The fourth-order valence-electron chi connectivity index (χ4n) is 2.35. The summed E-state index contributed by atoms with van der Waals surface area (Å²) in [6.07, 6.45) is 3.11. The van der Waals surface area contributed by atoms with Crippen LogP contribution in [0.1, 0.15) is 26.2 Å². The monoisotopic (exact) mass is 212 g/mol. The molecule has 0 aromatic rings. The smallest absolute Gasteiger partial charge is 0.409 e. The average molecular weight is 212 g/mol. The summed E-state index contributed by atoms with van der Waals surface area (Å²) in [4.78, 5) is 13.3. The Morgan fingerprint density at radius 3 is 2.93 bits per heavy atom. The molecule has 0 aliphatic carbocycles. The second kappa shape index (κ2) is 4.39.